The third-order valence-corrected chi connectivity index (χ3v) is 4.09. The van der Waals surface area contributed by atoms with E-state index in [1.165, 1.54) is 5.56 Å². The van der Waals surface area contributed by atoms with E-state index >= 15 is 0 Å². The summed E-state index contributed by atoms with van der Waals surface area (Å²) in [6.45, 7) is 9.95. The topological polar surface area (TPSA) is 29.3 Å². The first-order valence-corrected chi connectivity index (χ1v) is 6.70. The fraction of sp³-hybridized carbons (Fsp3) is 0.600. The molecule has 0 saturated carbocycles. The van der Waals surface area contributed by atoms with E-state index in [9.17, 15) is 4.39 Å². The lowest BCUT2D eigenvalue weighted by molar-refractivity contribution is 0.380. The van der Waals surface area contributed by atoms with Crippen LogP contribution in [0.2, 0.25) is 0 Å². The molecule has 1 aliphatic heterocycles. The molecule has 0 saturated heterocycles. The molecule has 0 bridgehead atoms. The Balaban J connectivity index is 2.59. The third kappa shape index (κ3) is 2.01. The Morgan fingerprint density at radius 1 is 1.44 bits per heavy atom. The van der Waals surface area contributed by atoms with Crippen LogP contribution in [0.25, 0.3) is 0 Å². The molecule has 100 valence electrons. The lowest BCUT2D eigenvalue weighted by Gasteiger charge is -2.47. The van der Waals surface area contributed by atoms with E-state index in [4.69, 9.17) is 5.73 Å². The molecule has 0 aromatic heterocycles. The van der Waals surface area contributed by atoms with E-state index in [0.29, 0.717) is 11.5 Å². The standard InChI is InChI=1S/C15H23FN2/c1-5-18-14-7-13(16)11(9-17)6-12(14)10(2)8-15(18,3)4/h6-7,10H,5,8-9,17H2,1-4H3/t10-/m1/s1. The summed E-state index contributed by atoms with van der Waals surface area (Å²) in [5, 5.41) is 0. The van der Waals surface area contributed by atoms with Gasteiger partial charge in [0, 0.05) is 29.9 Å². The number of nitrogens with zero attached hydrogens (tertiary/aromatic N) is 1. The molecule has 1 atom stereocenters. The number of nitrogens with two attached hydrogens (primary N) is 1. The van der Waals surface area contributed by atoms with Crippen molar-refractivity contribution in [2.24, 2.45) is 5.73 Å². The molecule has 0 spiro atoms. The number of benzene rings is 1. The highest BCUT2D eigenvalue weighted by molar-refractivity contribution is 5.61. The Hall–Kier alpha value is -1.09. The number of anilines is 1. The minimum absolute atomic E-state index is 0.0812. The van der Waals surface area contributed by atoms with Gasteiger partial charge in [-0.3, -0.25) is 0 Å². The lowest BCUT2D eigenvalue weighted by Crippen LogP contribution is -2.48. The number of hydrogen-bond donors (Lipinski definition) is 1. The van der Waals surface area contributed by atoms with Crippen LogP contribution in [0, 0.1) is 5.82 Å². The molecule has 3 heteroatoms. The second-order valence-electron chi connectivity index (χ2n) is 5.87. The summed E-state index contributed by atoms with van der Waals surface area (Å²) in [6.07, 6.45) is 1.09. The van der Waals surface area contributed by atoms with Crippen molar-refractivity contribution in [2.45, 2.75) is 52.1 Å². The summed E-state index contributed by atoms with van der Waals surface area (Å²) >= 11 is 0. The van der Waals surface area contributed by atoms with Gasteiger partial charge in [-0.05, 0) is 50.8 Å². The quantitative estimate of drug-likeness (QED) is 0.871. The second-order valence-corrected chi connectivity index (χ2v) is 5.87. The molecule has 0 fully saturated rings. The summed E-state index contributed by atoms with van der Waals surface area (Å²) in [5.74, 6) is 0.267. The van der Waals surface area contributed by atoms with Crippen molar-refractivity contribution >= 4 is 5.69 Å². The van der Waals surface area contributed by atoms with Crippen LogP contribution in [0.5, 0.6) is 0 Å². The first-order chi connectivity index (χ1) is 8.40. The minimum atomic E-state index is -0.181. The van der Waals surface area contributed by atoms with Crippen molar-refractivity contribution in [1.82, 2.24) is 0 Å². The Kier molecular flexibility index (Phi) is 3.37. The Labute approximate surface area is 109 Å². The van der Waals surface area contributed by atoms with Crippen LogP contribution in [-0.2, 0) is 6.54 Å². The van der Waals surface area contributed by atoms with Crippen molar-refractivity contribution in [3.8, 4) is 0 Å². The fourth-order valence-corrected chi connectivity index (χ4v) is 3.31. The normalized spacial score (nSPS) is 21.9. The molecular formula is C15H23FN2. The van der Waals surface area contributed by atoms with Gasteiger partial charge in [0.2, 0.25) is 0 Å². The zero-order chi connectivity index (χ0) is 13.5. The largest absolute Gasteiger partial charge is 0.366 e. The Morgan fingerprint density at radius 2 is 2.11 bits per heavy atom. The van der Waals surface area contributed by atoms with E-state index < -0.39 is 0 Å². The first kappa shape index (κ1) is 13.3. The predicted octanol–water partition coefficient (Wildman–Crippen LogP) is 3.40. The molecule has 1 aliphatic rings. The van der Waals surface area contributed by atoms with Crippen molar-refractivity contribution in [1.29, 1.82) is 0 Å². The minimum Gasteiger partial charge on any atom is -0.366 e. The molecule has 1 aromatic rings. The first-order valence-electron chi connectivity index (χ1n) is 6.70. The van der Waals surface area contributed by atoms with Crippen molar-refractivity contribution in [2.75, 3.05) is 11.4 Å². The van der Waals surface area contributed by atoms with Gasteiger partial charge < -0.3 is 10.6 Å². The summed E-state index contributed by atoms with van der Waals surface area (Å²) in [5.41, 5.74) is 8.57. The van der Waals surface area contributed by atoms with Crippen LogP contribution >= 0.6 is 0 Å². The van der Waals surface area contributed by atoms with Crippen molar-refractivity contribution in [3.05, 3.63) is 29.1 Å². The third-order valence-electron chi connectivity index (χ3n) is 4.09. The Morgan fingerprint density at radius 3 is 2.67 bits per heavy atom. The summed E-state index contributed by atoms with van der Waals surface area (Å²) < 4.78 is 14.0. The van der Waals surface area contributed by atoms with Crippen LogP contribution in [0.3, 0.4) is 0 Å². The number of fused-ring (bicyclic) bond motifs is 1. The summed E-state index contributed by atoms with van der Waals surface area (Å²) in [7, 11) is 0. The molecule has 2 nitrogen and oxygen atoms in total. The smallest absolute Gasteiger partial charge is 0.129 e. The SMILES string of the molecule is CCN1c2cc(F)c(CN)cc2[C@H](C)CC1(C)C. The molecule has 1 aromatic carbocycles. The lowest BCUT2D eigenvalue weighted by atomic mass is 9.79. The van der Waals surface area contributed by atoms with Gasteiger partial charge in [0.25, 0.3) is 0 Å². The molecule has 2 rings (SSSR count). The van der Waals surface area contributed by atoms with Crippen LogP contribution in [0.1, 0.15) is 51.2 Å². The molecule has 18 heavy (non-hydrogen) atoms. The average Bonchev–Trinajstić information content (AvgIpc) is 2.27. The van der Waals surface area contributed by atoms with Gasteiger partial charge in [-0.2, -0.15) is 0 Å². The zero-order valence-electron chi connectivity index (χ0n) is 11.8. The second kappa shape index (κ2) is 4.54. The van der Waals surface area contributed by atoms with Gasteiger partial charge in [-0.1, -0.05) is 6.92 Å². The van der Waals surface area contributed by atoms with Crippen LogP contribution in [-0.4, -0.2) is 12.1 Å². The van der Waals surface area contributed by atoms with Crippen LogP contribution in [0.4, 0.5) is 10.1 Å². The van der Waals surface area contributed by atoms with Crippen LogP contribution < -0.4 is 10.6 Å². The monoisotopic (exact) mass is 250 g/mol. The molecule has 2 N–H and O–H groups in total. The number of rotatable bonds is 2. The van der Waals surface area contributed by atoms with Gasteiger partial charge in [0.1, 0.15) is 5.82 Å². The van der Waals surface area contributed by atoms with Crippen molar-refractivity contribution < 1.29 is 4.39 Å². The highest BCUT2D eigenvalue weighted by Crippen LogP contribution is 2.43. The van der Waals surface area contributed by atoms with Crippen LogP contribution in [0.15, 0.2) is 12.1 Å². The Bertz CT molecular complexity index is 454. The van der Waals surface area contributed by atoms with E-state index in [-0.39, 0.29) is 17.9 Å². The number of halogens is 1. The van der Waals surface area contributed by atoms with Gasteiger partial charge in [0.15, 0.2) is 0 Å². The van der Waals surface area contributed by atoms with E-state index in [0.717, 1.165) is 18.7 Å². The summed E-state index contributed by atoms with van der Waals surface area (Å²) in [4.78, 5) is 2.30. The molecule has 0 aliphatic carbocycles. The maximum atomic E-state index is 14.0. The highest BCUT2D eigenvalue weighted by atomic mass is 19.1. The molecular weight excluding hydrogens is 227 g/mol. The van der Waals surface area contributed by atoms with Crippen molar-refractivity contribution in [3.63, 3.8) is 0 Å². The number of hydrogen-bond acceptors (Lipinski definition) is 2. The molecule has 1 heterocycles. The van der Waals surface area contributed by atoms with Gasteiger partial charge in [-0.15, -0.1) is 0 Å². The summed E-state index contributed by atoms with van der Waals surface area (Å²) in [6, 6.07) is 3.62. The molecule has 0 radical (unpaired) electrons. The zero-order valence-corrected chi connectivity index (χ0v) is 11.8. The fourth-order valence-electron chi connectivity index (χ4n) is 3.31. The molecule has 0 amide bonds. The average molecular weight is 250 g/mol. The van der Waals surface area contributed by atoms with Gasteiger partial charge >= 0.3 is 0 Å². The van der Waals surface area contributed by atoms with Gasteiger partial charge in [0.05, 0.1) is 0 Å². The maximum absolute atomic E-state index is 14.0. The predicted molar refractivity (Wildman–Crippen MR) is 74.4 cm³/mol. The van der Waals surface area contributed by atoms with E-state index in [2.05, 4.69) is 32.6 Å². The van der Waals surface area contributed by atoms with Gasteiger partial charge in [-0.25, -0.2) is 4.39 Å². The van der Waals surface area contributed by atoms with E-state index in [1.807, 2.05) is 6.07 Å². The molecule has 0 unspecified atom stereocenters. The maximum Gasteiger partial charge on any atom is 0.129 e. The highest BCUT2D eigenvalue weighted by Gasteiger charge is 2.35. The van der Waals surface area contributed by atoms with E-state index in [1.54, 1.807) is 6.07 Å².